The van der Waals surface area contributed by atoms with Crippen molar-refractivity contribution in [2.75, 3.05) is 5.73 Å². The number of anilines is 1. The van der Waals surface area contributed by atoms with E-state index in [0.717, 1.165) is 27.8 Å². The molecule has 3 aromatic rings. The fourth-order valence-electron chi connectivity index (χ4n) is 2.00. The summed E-state index contributed by atoms with van der Waals surface area (Å²) in [5.41, 5.74) is 8.57. The van der Waals surface area contributed by atoms with Crippen molar-refractivity contribution in [2.24, 2.45) is 0 Å². The van der Waals surface area contributed by atoms with Gasteiger partial charge in [0.2, 0.25) is 0 Å². The first-order chi connectivity index (χ1) is 8.56. The van der Waals surface area contributed by atoms with Crippen molar-refractivity contribution in [3.63, 3.8) is 0 Å². The van der Waals surface area contributed by atoms with Crippen molar-refractivity contribution in [3.8, 4) is 10.7 Å². The minimum absolute atomic E-state index is 0.539. The molecule has 3 rings (SSSR count). The number of nitrogens with two attached hydrogens (primary N) is 1. The molecule has 92 valence electrons. The number of aromatic nitrogens is 5. The van der Waals surface area contributed by atoms with Gasteiger partial charge in [0.25, 0.3) is 5.78 Å². The Bertz CT molecular complexity index is 741. The maximum Gasteiger partial charge on any atom is 0.255 e. The average molecular weight is 260 g/mol. The summed E-state index contributed by atoms with van der Waals surface area (Å²) in [6.07, 6.45) is 0. The summed E-state index contributed by atoms with van der Waals surface area (Å²) in [7, 11) is 0. The summed E-state index contributed by atoms with van der Waals surface area (Å²) < 4.78 is 1.92. The third-order valence-electron chi connectivity index (χ3n) is 2.71. The highest BCUT2D eigenvalue weighted by atomic mass is 32.1. The highest BCUT2D eigenvalue weighted by molar-refractivity contribution is 7.18. The van der Waals surface area contributed by atoms with Crippen LogP contribution in [-0.4, -0.2) is 24.6 Å². The van der Waals surface area contributed by atoms with E-state index >= 15 is 0 Å². The molecule has 0 fully saturated rings. The third kappa shape index (κ3) is 1.55. The highest BCUT2D eigenvalue weighted by Gasteiger charge is 2.16. The van der Waals surface area contributed by atoms with E-state index in [9.17, 15) is 0 Å². The SMILES string of the molecule is Cc1cc(C)n2c(-c3sc(N)nc3C)nnc2n1. The average Bonchev–Trinajstić information content (AvgIpc) is 2.81. The molecule has 0 aliphatic heterocycles. The number of hydrogen-bond donors (Lipinski definition) is 1. The van der Waals surface area contributed by atoms with Gasteiger partial charge in [0.1, 0.15) is 0 Å². The van der Waals surface area contributed by atoms with E-state index in [1.807, 2.05) is 31.2 Å². The molecule has 0 spiro atoms. The smallest absolute Gasteiger partial charge is 0.255 e. The minimum Gasteiger partial charge on any atom is -0.375 e. The summed E-state index contributed by atoms with van der Waals surface area (Å²) in [4.78, 5) is 9.52. The molecule has 0 amide bonds. The third-order valence-corrected chi connectivity index (χ3v) is 3.69. The summed E-state index contributed by atoms with van der Waals surface area (Å²) in [5.74, 6) is 1.36. The van der Waals surface area contributed by atoms with Crippen LogP contribution in [-0.2, 0) is 0 Å². The van der Waals surface area contributed by atoms with Gasteiger partial charge in [-0.2, -0.15) is 0 Å². The molecule has 3 aromatic heterocycles. The predicted molar refractivity (Wildman–Crippen MR) is 70.5 cm³/mol. The van der Waals surface area contributed by atoms with Gasteiger partial charge in [-0.25, -0.2) is 9.97 Å². The number of hydrogen-bond acceptors (Lipinski definition) is 6. The van der Waals surface area contributed by atoms with Crippen LogP contribution >= 0.6 is 11.3 Å². The molecule has 3 heterocycles. The van der Waals surface area contributed by atoms with Crippen LogP contribution in [0.25, 0.3) is 16.5 Å². The molecule has 6 nitrogen and oxygen atoms in total. The number of nitrogens with zero attached hydrogens (tertiary/aromatic N) is 5. The molecular weight excluding hydrogens is 248 g/mol. The molecule has 0 bridgehead atoms. The zero-order valence-corrected chi connectivity index (χ0v) is 11.1. The van der Waals surface area contributed by atoms with Crippen molar-refractivity contribution in [3.05, 3.63) is 23.1 Å². The van der Waals surface area contributed by atoms with Gasteiger partial charge < -0.3 is 5.73 Å². The van der Waals surface area contributed by atoms with Crippen molar-refractivity contribution >= 4 is 22.2 Å². The van der Waals surface area contributed by atoms with Gasteiger partial charge in [0, 0.05) is 11.4 Å². The van der Waals surface area contributed by atoms with E-state index in [1.165, 1.54) is 11.3 Å². The molecular formula is C11H12N6S. The van der Waals surface area contributed by atoms with Gasteiger partial charge in [0.05, 0.1) is 10.6 Å². The second-order valence-corrected chi connectivity index (χ2v) is 5.20. The molecule has 0 aromatic carbocycles. The minimum atomic E-state index is 0.539. The molecule has 0 saturated heterocycles. The summed E-state index contributed by atoms with van der Waals surface area (Å²) in [5, 5.41) is 8.85. The fraction of sp³-hybridized carbons (Fsp3) is 0.273. The van der Waals surface area contributed by atoms with Gasteiger partial charge in [0.15, 0.2) is 11.0 Å². The number of fused-ring (bicyclic) bond motifs is 1. The van der Waals surface area contributed by atoms with Crippen LogP contribution < -0.4 is 5.73 Å². The first-order valence-electron chi connectivity index (χ1n) is 5.49. The molecule has 2 N–H and O–H groups in total. The normalized spacial score (nSPS) is 11.3. The van der Waals surface area contributed by atoms with Crippen LogP contribution in [0.2, 0.25) is 0 Å². The van der Waals surface area contributed by atoms with Crippen molar-refractivity contribution in [1.82, 2.24) is 24.6 Å². The number of thiazole rings is 1. The number of nitrogen functional groups attached to an aromatic ring is 1. The van der Waals surface area contributed by atoms with Crippen LogP contribution in [0.15, 0.2) is 6.07 Å². The Morgan fingerprint density at radius 1 is 1.17 bits per heavy atom. The Kier molecular flexibility index (Phi) is 2.30. The lowest BCUT2D eigenvalue weighted by Crippen LogP contribution is -1.98. The zero-order valence-electron chi connectivity index (χ0n) is 10.3. The van der Waals surface area contributed by atoms with E-state index < -0.39 is 0 Å². The largest absolute Gasteiger partial charge is 0.375 e. The summed E-state index contributed by atoms with van der Waals surface area (Å²) in [6, 6.07) is 2.00. The van der Waals surface area contributed by atoms with Gasteiger partial charge in [-0.3, -0.25) is 4.40 Å². The second kappa shape index (κ2) is 3.74. The Morgan fingerprint density at radius 2 is 1.94 bits per heavy atom. The van der Waals surface area contributed by atoms with E-state index in [2.05, 4.69) is 20.2 Å². The van der Waals surface area contributed by atoms with Gasteiger partial charge >= 0.3 is 0 Å². The molecule has 0 atom stereocenters. The van der Waals surface area contributed by atoms with Gasteiger partial charge in [-0.05, 0) is 26.8 Å². The summed E-state index contributed by atoms with van der Waals surface area (Å²) in [6.45, 7) is 5.87. The van der Waals surface area contributed by atoms with Crippen LogP contribution in [0, 0.1) is 20.8 Å². The van der Waals surface area contributed by atoms with E-state index in [1.54, 1.807) is 0 Å². The fourth-order valence-corrected chi connectivity index (χ4v) is 2.81. The maximum absolute atomic E-state index is 5.73. The monoisotopic (exact) mass is 260 g/mol. The summed E-state index contributed by atoms with van der Waals surface area (Å²) >= 11 is 1.42. The van der Waals surface area contributed by atoms with Crippen molar-refractivity contribution < 1.29 is 0 Å². The van der Waals surface area contributed by atoms with Crippen molar-refractivity contribution in [1.29, 1.82) is 0 Å². The van der Waals surface area contributed by atoms with Crippen LogP contribution in [0.1, 0.15) is 17.1 Å². The van der Waals surface area contributed by atoms with Crippen LogP contribution in [0.4, 0.5) is 5.13 Å². The molecule has 7 heteroatoms. The molecule has 0 radical (unpaired) electrons. The maximum atomic E-state index is 5.73. The Morgan fingerprint density at radius 3 is 2.61 bits per heavy atom. The number of rotatable bonds is 1. The van der Waals surface area contributed by atoms with Crippen LogP contribution in [0.5, 0.6) is 0 Å². The van der Waals surface area contributed by atoms with Crippen molar-refractivity contribution in [2.45, 2.75) is 20.8 Å². The Balaban J connectivity index is 2.34. The lowest BCUT2D eigenvalue weighted by Gasteiger charge is -2.02. The quantitative estimate of drug-likeness (QED) is 0.721. The van der Waals surface area contributed by atoms with Crippen LogP contribution in [0.3, 0.4) is 0 Å². The molecule has 0 aliphatic rings. The van der Waals surface area contributed by atoms with Gasteiger partial charge in [-0.15, -0.1) is 10.2 Å². The first kappa shape index (κ1) is 11.1. The topological polar surface area (TPSA) is 82.0 Å². The number of aryl methyl sites for hydroxylation is 3. The Hall–Kier alpha value is -2.02. The molecule has 18 heavy (non-hydrogen) atoms. The molecule has 0 unspecified atom stereocenters. The molecule has 0 saturated carbocycles. The van der Waals surface area contributed by atoms with E-state index in [-0.39, 0.29) is 0 Å². The van der Waals surface area contributed by atoms with E-state index in [4.69, 9.17) is 5.73 Å². The first-order valence-corrected chi connectivity index (χ1v) is 6.30. The predicted octanol–water partition coefficient (Wildman–Crippen LogP) is 1.76. The van der Waals surface area contributed by atoms with Gasteiger partial charge in [-0.1, -0.05) is 11.3 Å². The lowest BCUT2D eigenvalue weighted by atomic mass is 10.3. The molecule has 0 aliphatic carbocycles. The Labute approximate surface area is 108 Å². The zero-order chi connectivity index (χ0) is 12.9. The lowest BCUT2D eigenvalue weighted by molar-refractivity contribution is 1.02. The standard InChI is InChI=1S/C11H12N6S/c1-5-4-6(2)17-9(15-16-11(17)13-5)8-7(3)14-10(12)18-8/h4H,1-3H3,(H2,12,14). The second-order valence-electron chi connectivity index (χ2n) is 4.16. The highest BCUT2D eigenvalue weighted by Crippen LogP contribution is 2.30. The van der Waals surface area contributed by atoms with E-state index in [0.29, 0.717) is 10.9 Å².